The van der Waals surface area contributed by atoms with E-state index in [1.54, 1.807) is 6.20 Å². The zero-order valence-electron chi connectivity index (χ0n) is 8.40. The summed E-state index contributed by atoms with van der Waals surface area (Å²) in [7, 11) is 1.97. The number of aryl methyl sites for hydroxylation is 1. The van der Waals surface area contributed by atoms with Gasteiger partial charge in [0, 0.05) is 22.6 Å². The lowest BCUT2D eigenvalue weighted by Gasteiger charge is -2.10. The molecule has 0 bridgehead atoms. The minimum Gasteiger partial charge on any atom is -0.261 e. The van der Waals surface area contributed by atoms with Gasteiger partial charge < -0.3 is 0 Å². The van der Waals surface area contributed by atoms with Gasteiger partial charge in [-0.25, -0.2) is 8.42 Å². The molecule has 0 atom stereocenters. The molecule has 1 heterocycles. The SMILES string of the molecule is Cc1ccc(CC2(S(=O)(=O)Cl)CC2)cn1. The number of nitrogens with zero attached hydrogens (tertiary/aromatic N) is 1. The summed E-state index contributed by atoms with van der Waals surface area (Å²) in [6.45, 7) is 1.90. The van der Waals surface area contributed by atoms with Crippen LogP contribution in [0, 0.1) is 6.92 Å². The Morgan fingerprint density at radius 2 is 2.13 bits per heavy atom. The number of pyridine rings is 1. The van der Waals surface area contributed by atoms with E-state index >= 15 is 0 Å². The quantitative estimate of drug-likeness (QED) is 0.766. The van der Waals surface area contributed by atoms with Gasteiger partial charge in [0.05, 0.1) is 4.75 Å². The number of hydrogen-bond donors (Lipinski definition) is 0. The molecular weight excluding hydrogens is 234 g/mol. The molecule has 0 saturated heterocycles. The minimum absolute atomic E-state index is 0.478. The van der Waals surface area contributed by atoms with Gasteiger partial charge in [-0.15, -0.1) is 0 Å². The fourth-order valence-corrected chi connectivity index (χ4v) is 3.18. The minimum atomic E-state index is -3.46. The van der Waals surface area contributed by atoms with Crippen LogP contribution in [0.4, 0.5) is 0 Å². The van der Waals surface area contributed by atoms with Crippen LogP contribution in [0.5, 0.6) is 0 Å². The third kappa shape index (κ3) is 2.16. The van der Waals surface area contributed by atoms with E-state index in [9.17, 15) is 8.42 Å². The molecule has 0 unspecified atom stereocenters. The van der Waals surface area contributed by atoms with Crippen molar-refractivity contribution < 1.29 is 8.42 Å². The predicted octanol–water partition coefficient (Wildman–Crippen LogP) is 2.03. The molecular formula is C10H12ClNO2S. The highest BCUT2D eigenvalue weighted by Gasteiger charge is 2.53. The summed E-state index contributed by atoms with van der Waals surface area (Å²) in [5.74, 6) is 0. The Hall–Kier alpha value is -0.610. The molecule has 1 aliphatic carbocycles. The first kappa shape index (κ1) is 10.9. The monoisotopic (exact) mass is 245 g/mol. The van der Waals surface area contributed by atoms with Crippen molar-refractivity contribution in [2.45, 2.75) is 30.9 Å². The molecule has 1 aliphatic rings. The highest BCUT2D eigenvalue weighted by Crippen LogP contribution is 2.47. The molecule has 0 spiro atoms. The lowest BCUT2D eigenvalue weighted by molar-refractivity contribution is 0.590. The van der Waals surface area contributed by atoms with Gasteiger partial charge in [-0.05, 0) is 37.8 Å². The molecule has 5 heteroatoms. The third-order valence-electron chi connectivity index (χ3n) is 2.82. The molecule has 0 aromatic carbocycles. The maximum Gasteiger partial charge on any atom is 0.238 e. The normalized spacial score (nSPS) is 18.8. The fourth-order valence-electron chi connectivity index (χ4n) is 1.62. The van der Waals surface area contributed by atoms with Crippen LogP contribution in [0.15, 0.2) is 18.3 Å². The molecule has 1 fully saturated rings. The van der Waals surface area contributed by atoms with Crippen molar-refractivity contribution in [3.05, 3.63) is 29.6 Å². The number of halogens is 1. The van der Waals surface area contributed by atoms with Crippen LogP contribution in [-0.2, 0) is 15.5 Å². The average molecular weight is 246 g/mol. The first-order valence-corrected chi connectivity index (χ1v) is 7.10. The predicted molar refractivity (Wildman–Crippen MR) is 59.4 cm³/mol. The third-order valence-corrected chi connectivity index (χ3v) is 5.39. The summed E-state index contributed by atoms with van der Waals surface area (Å²) in [5, 5.41) is 0. The number of aromatic nitrogens is 1. The van der Waals surface area contributed by atoms with Crippen molar-refractivity contribution in [3.63, 3.8) is 0 Å². The zero-order valence-corrected chi connectivity index (χ0v) is 9.98. The second-order valence-electron chi connectivity index (χ2n) is 4.11. The van der Waals surface area contributed by atoms with E-state index < -0.39 is 13.8 Å². The van der Waals surface area contributed by atoms with Crippen LogP contribution < -0.4 is 0 Å². The fraction of sp³-hybridized carbons (Fsp3) is 0.500. The van der Waals surface area contributed by atoms with E-state index in [0.29, 0.717) is 19.3 Å². The van der Waals surface area contributed by atoms with Crippen LogP contribution in [0.25, 0.3) is 0 Å². The summed E-state index contributed by atoms with van der Waals surface area (Å²) in [4.78, 5) is 4.14. The molecule has 1 saturated carbocycles. The maximum absolute atomic E-state index is 11.3. The standard InChI is InChI=1S/C10H12ClNO2S/c1-8-2-3-9(7-12-8)6-10(4-5-10)15(11,13)14/h2-3,7H,4-6H2,1H3. The Labute approximate surface area is 93.9 Å². The van der Waals surface area contributed by atoms with E-state index in [1.807, 2.05) is 19.1 Å². The number of rotatable bonds is 3. The van der Waals surface area contributed by atoms with Gasteiger partial charge in [-0.3, -0.25) is 4.98 Å². The summed E-state index contributed by atoms with van der Waals surface area (Å²) in [5.41, 5.74) is 1.86. The van der Waals surface area contributed by atoms with Crippen LogP contribution >= 0.6 is 10.7 Å². The second kappa shape index (κ2) is 3.46. The Balaban J connectivity index is 2.20. The van der Waals surface area contributed by atoms with Crippen molar-refractivity contribution in [1.82, 2.24) is 4.98 Å². The van der Waals surface area contributed by atoms with E-state index in [2.05, 4.69) is 4.98 Å². The Morgan fingerprint density at radius 1 is 1.47 bits per heavy atom. The number of hydrogen-bond acceptors (Lipinski definition) is 3. The molecule has 0 N–H and O–H groups in total. The van der Waals surface area contributed by atoms with Crippen LogP contribution in [0.2, 0.25) is 0 Å². The molecule has 2 rings (SSSR count). The first-order chi connectivity index (χ1) is 6.93. The van der Waals surface area contributed by atoms with Crippen molar-refractivity contribution in [1.29, 1.82) is 0 Å². The molecule has 0 aliphatic heterocycles. The van der Waals surface area contributed by atoms with Gasteiger partial charge in [0.15, 0.2) is 0 Å². The van der Waals surface area contributed by atoms with Crippen molar-refractivity contribution in [2.24, 2.45) is 0 Å². The van der Waals surface area contributed by atoms with Gasteiger partial charge in [-0.1, -0.05) is 6.07 Å². The molecule has 1 aromatic heterocycles. The van der Waals surface area contributed by atoms with E-state index in [-0.39, 0.29) is 0 Å². The van der Waals surface area contributed by atoms with Gasteiger partial charge in [0.25, 0.3) is 0 Å². The van der Waals surface area contributed by atoms with Gasteiger partial charge in [0.2, 0.25) is 9.05 Å². The highest BCUT2D eigenvalue weighted by atomic mass is 35.7. The van der Waals surface area contributed by atoms with Gasteiger partial charge in [0.1, 0.15) is 0 Å². The summed E-state index contributed by atoms with van der Waals surface area (Å²) in [6, 6.07) is 3.79. The summed E-state index contributed by atoms with van der Waals surface area (Å²) >= 11 is 0. The molecule has 1 aromatic rings. The Bertz CT molecular complexity index is 463. The molecule has 82 valence electrons. The smallest absolute Gasteiger partial charge is 0.238 e. The topological polar surface area (TPSA) is 47.0 Å². The first-order valence-electron chi connectivity index (χ1n) is 4.79. The van der Waals surface area contributed by atoms with Crippen molar-refractivity contribution in [3.8, 4) is 0 Å². The summed E-state index contributed by atoms with van der Waals surface area (Å²) < 4.78 is 21.9. The summed E-state index contributed by atoms with van der Waals surface area (Å²) in [6.07, 6.45) is 3.52. The second-order valence-corrected chi connectivity index (χ2v) is 7.07. The zero-order chi connectivity index (χ0) is 11.1. The maximum atomic E-state index is 11.3. The van der Waals surface area contributed by atoms with Gasteiger partial charge >= 0.3 is 0 Å². The Kier molecular flexibility index (Phi) is 2.51. The largest absolute Gasteiger partial charge is 0.261 e. The van der Waals surface area contributed by atoms with Crippen molar-refractivity contribution in [2.75, 3.05) is 0 Å². The van der Waals surface area contributed by atoms with Gasteiger partial charge in [-0.2, -0.15) is 0 Å². The van der Waals surface area contributed by atoms with E-state index in [1.165, 1.54) is 0 Å². The van der Waals surface area contributed by atoms with E-state index in [4.69, 9.17) is 10.7 Å². The average Bonchev–Trinajstić information content (AvgIpc) is 2.89. The highest BCUT2D eigenvalue weighted by molar-refractivity contribution is 8.15. The molecule has 15 heavy (non-hydrogen) atoms. The van der Waals surface area contributed by atoms with Crippen molar-refractivity contribution >= 4 is 19.7 Å². The molecule has 0 radical (unpaired) electrons. The molecule has 0 amide bonds. The lowest BCUT2D eigenvalue weighted by Crippen LogP contribution is -2.20. The lowest BCUT2D eigenvalue weighted by atomic mass is 10.1. The van der Waals surface area contributed by atoms with Crippen LogP contribution in [0.3, 0.4) is 0 Å². The van der Waals surface area contributed by atoms with E-state index in [0.717, 1.165) is 11.3 Å². The van der Waals surface area contributed by atoms with Crippen LogP contribution in [-0.4, -0.2) is 18.1 Å². The molecule has 3 nitrogen and oxygen atoms in total. The Morgan fingerprint density at radius 3 is 2.53 bits per heavy atom. The van der Waals surface area contributed by atoms with Crippen LogP contribution in [0.1, 0.15) is 24.1 Å².